The number of hydrogen-bond acceptors (Lipinski definition) is 9. The van der Waals surface area contributed by atoms with Crippen LogP contribution in [0.4, 0.5) is 0 Å². The number of aromatic nitrogens is 2. The van der Waals surface area contributed by atoms with E-state index in [0.717, 1.165) is 10.6 Å². The van der Waals surface area contributed by atoms with Crippen LogP contribution in [-0.2, 0) is 37.8 Å². The van der Waals surface area contributed by atoms with Gasteiger partial charge in [-0.25, -0.2) is 21.8 Å². The molecule has 12 nitrogen and oxygen atoms in total. The van der Waals surface area contributed by atoms with Crippen molar-refractivity contribution in [3.05, 3.63) is 45.4 Å². The van der Waals surface area contributed by atoms with Crippen LogP contribution in [0.3, 0.4) is 0 Å². The zero-order chi connectivity index (χ0) is 29.5. The van der Waals surface area contributed by atoms with E-state index in [9.17, 15) is 26.4 Å². The van der Waals surface area contributed by atoms with Gasteiger partial charge >= 0.3 is 0 Å². The van der Waals surface area contributed by atoms with Gasteiger partial charge in [-0.2, -0.15) is 4.31 Å². The highest BCUT2D eigenvalue weighted by Crippen LogP contribution is 2.28. The molecule has 2 aliphatic heterocycles. The minimum atomic E-state index is -4.06. The first-order valence-corrected chi connectivity index (χ1v) is 17.0. The monoisotopic (exact) mass is 618 g/mol. The normalized spacial score (nSPS) is 20.0. The van der Waals surface area contributed by atoms with Gasteiger partial charge in [0.2, 0.25) is 15.9 Å². The summed E-state index contributed by atoms with van der Waals surface area (Å²) in [6, 6.07) is 5.90. The lowest BCUT2D eigenvalue weighted by Gasteiger charge is -2.40. The van der Waals surface area contributed by atoms with E-state index in [1.165, 1.54) is 33.5 Å². The Morgan fingerprint density at radius 2 is 2.00 bits per heavy atom. The summed E-state index contributed by atoms with van der Waals surface area (Å²) in [4.78, 5) is 36.3. The van der Waals surface area contributed by atoms with Crippen molar-refractivity contribution in [3.8, 4) is 12.3 Å². The Morgan fingerprint density at radius 1 is 1.22 bits per heavy atom. The lowest BCUT2D eigenvalue weighted by molar-refractivity contribution is -0.120. The summed E-state index contributed by atoms with van der Waals surface area (Å²) < 4.78 is 54.6. The molecular formula is C26H30N6O6S3. The van der Waals surface area contributed by atoms with Gasteiger partial charge in [-0.05, 0) is 38.1 Å². The third-order valence-electron chi connectivity index (χ3n) is 7.23. The van der Waals surface area contributed by atoms with Gasteiger partial charge in [-0.15, -0.1) is 17.8 Å². The number of terminal acetylenes is 1. The molecule has 0 saturated carbocycles. The number of thiazole rings is 1. The van der Waals surface area contributed by atoms with Gasteiger partial charge in [-0.3, -0.25) is 14.3 Å². The van der Waals surface area contributed by atoms with Gasteiger partial charge in [0.25, 0.3) is 15.9 Å². The van der Waals surface area contributed by atoms with Crippen LogP contribution >= 0.6 is 11.3 Å². The Morgan fingerprint density at radius 3 is 2.73 bits per heavy atom. The first kappa shape index (κ1) is 29.2. The number of rotatable bonds is 7. The summed E-state index contributed by atoms with van der Waals surface area (Å²) >= 11 is 1.27. The molecule has 41 heavy (non-hydrogen) atoms. The fraction of sp³-hybridized carbons (Fsp3) is 0.423. The Hall–Kier alpha value is -3.29. The van der Waals surface area contributed by atoms with Crippen molar-refractivity contribution < 1.29 is 26.4 Å². The van der Waals surface area contributed by atoms with Crippen molar-refractivity contribution in [2.45, 2.75) is 50.3 Å². The van der Waals surface area contributed by atoms with E-state index in [0.29, 0.717) is 29.4 Å². The number of H-pyrrole nitrogens is 1. The molecule has 2 atom stereocenters. The Balaban J connectivity index is 1.42. The third kappa shape index (κ3) is 6.02. The van der Waals surface area contributed by atoms with E-state index >= 15 is 0 Å². The number of carbonyl (C=O) groups excluding carboxylic acids is 2. The maximum Gasteiger partial charge on any atom is 0.283 e. The molecule has 218 valence electrons. The van der Waals surface area contributed by atoms with Crippen LogP contribution in [0, 0.1) is 12.3 Å². The van der Waals surface area contributed by atoms with Gasteiger partial charge in [0.05, 0.1) is 17.5 Å². The smallest absolute Gasteiger partial charge is 0.283 e. The maximum absolute atomic E-state index is 13.7. The molecule has 3 N–H and O–H groups in total. The molecule has 2 aromatic heterocycles. The van der Waals surface area contributed by atoms with Crippen molar-refractivity contribution in [2.24, 2.45) is 0 Å². The summed E-state index contributed by atoms with van der Waals surface area (Å²) in [5, 5.41) is 4.17. The second-order valence-electron chi connectivity index (χ2n) is 10.1. The minimum absolute atomic E-state index is 0.00307. The van der Waals surface area contributed by atoms with Gasteiger partial charge in [-0.1, -0.05) is 5.92 Å². The lowest BCUT2D eigenvalue weighted by atomic mass is 10.1. The van der Waals surface area contributed by atoms with Crippen molar-refractivity contribution >= 4 is 54.1 Å². The first-order chi connectivity index (χ1) is 19.4. The SMILES string of the molecule is C#Cc1ccc2[nH]c(S(=O)(=O)N3CCN(C(=O)c4nc5c(s4)CNC(C)C5)C(CC(=O)NS(=O)(=O)CC)C3)cc2c1. The molecule has 1 fully saturated rings. The van der Waals surface area contributed by atoms with Crippen LogP contribution in [-0.4, -0.2) is 85.3 Å². The molecule has 0 spiro atoms. The van der Waals surface area contributed by atoms with Crippen molar-refractivity contribution in [1.29, 1.82) is 0 Å². The molecule has 2 unspecified atom stereocenters. The number of carbonyl (C=O) groups is 2. The van der Waals surface area contributed by atoms with E-state index < -0.39 is 44.3 Å². The van der Waals surface area contributed by atoms with Crippen molar-refractivity contribution in [1.82, 2.24) is 29.2 Å². The third-order valence-corrected chi connectivity index (χ3v) is 11.4. The Bertz CT molecular complexity index is 1770. The lowest BCUT2D eigenvalue weighted by Crippen LogP contribution is -2.57. The highest BCUT2D eigenvalue weighted by molar-refractivity contribution is 7.90. The molecule has 0 aliphatic carbocycles. The Kier molecular flexibility index (Phi) is 7.96. The predicted molar refractivity (Wildman–Crippen MR) is 154 cm³/mol. The number of nitrogens with one attached hydrogen (secondary N) is 3. The second kappa shape index (κ2) is 11.2. The van der Waals surface area contributed by atoms with Gasteiger partial charge in [0.1, 0.15) is 5.03 Å². The number of aromatic amines is 1. The average molecular weight is 619 g/mol. The average Bonchev–Trinajstić information content (AvgIpc) is 3.56. The fourth-order valence-corrected chi connectivity index (χ4v) is 8.04. The number of hydrogen-bond donors (Lipinski definition) is 3. The molecule has 5 rings (SSSR count). The quantitative estimate of drug-likeness (QED) is 0.331. The number of fused-ring (bicyclic) bond motifs is 2. The first-order valence-electron chi connectivity index (χ1n) is 13.1. The standard InChI is InChI=1S/C26H30N6O6S3/c1-4-17-6-7-20-18(11-17)12-24(28-20)41(37,38)31-8-9-32(19(15-31)13-23(33)30-40(35,36)5-2)26(34)25-29-21-10-16(3)27-14-22(21)39-25/h1,6-7,11-12,16,19,27-28H,5,8-10,13-15H2,2-3H3,(H,30,33). The van der Waals surface area contributed by atoms with Crippen LogP contribution in [0.25, 0.3) is 10.9 Å². The molecule has 0 bridgehead atoms. The molecule has 2 amide bonds. The van der Waals surface area contributed by atoms with Crippen LogP contribution in [0.15, 0.2) is 29.3 Å². The van der Waals surface area contributed by atoms with Crippen LogP contribution in [0.5, 0.6) is 0 Å². The number of benzene rings is 1. The molecule has 2 aliphatic rings. The van der Waals surface area contributed by atoms with E-state index in [1.54, 1.807) is 18.2 Å². The highest BCUT2D eigenvalue weighted by atomic mass is 32.2. The van der Waals surface area contributed by atoms with Gasteiger partial charge in [0.15, 0.2) is 5.01 Å². The molecule has 4 heterocycles. The fourth-order valence-electron chi connectivity index (χ4n) is 4.99. The molecule has 1 saturated heterocycles. The summed E-state index contributed by atoms with van der Waals surface area (Å²) in [6.45, 7) is 3.80. The minimum Gasteiger partial charge on any atom is -0.345 e. The number of nitrogens with zero attached hydrogens (tertiary/aromatic N) is 3. The molecular weight excluding hydrogens is 589 g/mol. The predicted octanol–water partition coefficient (Wildman–Crippen LogP) is 1.01. The van der Waals surface area contributed by atoms with E-state index in [4.69, 9.17) is 6.42 Å². The van der Waals surface area contributed by atoms with Crippen molar-refractivity contribution in [3.63, 3.8) is 0 Å². The second-order valence-corrected chi connectivity index (χ2v) is 15.1. The molecule has 15 heteroatoms. The highest BCUT2D eigenvalue weighted by Gasteiger charge is 2.39. The molecule has 1 aromatic carbocycles. The van der Waals surface area contributed by atoms with E-state index in [-0.39, 0.29) is 41.5 Å². The van der Waals surface area contributed by atoms with E-state index in [2.05, 4.69) is 21.2 Å². The number of amides is 2. The topological polar surface area (TPSA) is 162 Å². The van der Waals surface area contributed by atoms with Gasteiger partial charge in [0, 0.05) is 66.4 Å². The summed E-state index contributed by atoms with van der Waals surface area (Å²) in [5.41, 5.74) is 2.05. The van der Waals surface area contributed by atoms with E-state index in [1.807, 2.05) is 11.6 Å². The largest absolute Gasteiger partial charge is 0.345 e. The summed E-state index contributed by atoms with van der Waals surface area (Å²) in [7, 11) is -7.90. The van der Waals surface area contributed by atoms with Crippen LogP contribution in [0.1, 0.15) is 46.2 Å². The zero-order valence-corrected chi connectivity index (χ0v) is 25.0. The maximum atomic E-state index is 13.7. The van der Waals surface area contributed by atoms with Crippen molar-refractivity contribution in [2.75, 3.05) is 25.4 Å². The molecule has 0 radical (unpaired) electrons. The van der Waals surface area contributed by atoms with Crippen LogP contribution in [0.2, 0.25) is 0 Å². The zero-order valence-electron chi connectivity index (χ0n) is 22.5. The summed E-state index contributed by atoms with van der Waals surface area (Å²) in [6.07, 6.45) is 5.75. The van der Waals surface area contributed by atoms with Gasteiger partial charge < -0.3 is 15.2 Å². The Labute approximate surface area is 242 Å². The molecule has 3 aromatic rings. The number of sulfonamides is 2. The number of piperazine rings is 1. The summed E-state index contributed by atoms with van der Waals surface area (Å²) in [5.74, 6) is 0.981. The van der Waals surface area contributed by atoms with Crippen LogP contribution < -0.4 is 10.0 Å².